The highest BCUT2D eigenvalue weighted by molar-refractivity contribution is 8.00. The van der Waals surface area contributed by atoms with Gasteiger partial charge < -0.3 is 0 Å². The number of rotatable bonds is 3. The maximum Gasteiger partial charge on any atom is 0.131 e. The smallest absolute Gasteiger partial charge is 0.131 e. The summed E-state index contributed by atoms with van der Waals surface area (Å²) in [4.78, 5) is 0. The minimum atomic E-state index is -0.529. The van der Waals surface area contributed by atoms with E-state index in [0.717, 1.165) is 25.0 Å². The van der Waals surface area contributed by atoms with Crippen LogP contribution in [0.2, 0.25) is 0 Å². The molecule has 3 N–H and O–H groups in total. The molecule has 1 fully saturated rings. The molecule has 0 spiro atoms. The van der Waals surface area contributed by atoms with Gasteiger partial charge in [0.2, 0.25) is 0 Å². The molecule has 1 saturated heterocycles. The van der Waals surface area contributed by atoms with Crippen LogP contribution < -0.4 is 11.3 Å². The van der Waals surface area contributed by atoms with Crippen LogP contribution in [0.4, 0.5) is 8.78 Å². The molecule has 17 heavy (non-hydrogen) atoms. The van der Waals surface area contributed by atoms with Crippen molar-refractivity contribution in [1.82, 2.24) is 5.43 Å². The molecule has 1 heterocycles. The predicted molar refractivity (Wildman–Crippen MR) is 66.5 cm³/mol. The maximum atomic E-state index is 13.7. The third kappa shape index (κ3) is 2.78. The van der Waals surface area contributed by atoms with Crippen molar-refractivity contribution in [3.8, 4) is 0 Å². The Balaban J connectivity index is 2.27. The topological polar surface area (TPSA) is 38.0 Å². The Morgan fingerprint density at radius 3 is 2.53 bits per heavy atom. The summed E-state index contributed by atoms with van der Waals surface area (Å²) in [5, 5.41) is 0.139. The molecule has 2 nitrogen and oxygen atoms in total. The summed E-state index contributed by atoms with van der Waals surface area (Å²) in [6.07, 6.45) is 3.19. The SMILES string of the molecule is NNC(c1c(F)cccc1F)C1CCCCS1. The van der Waals surface area contributed by atoms with Gasteiger partial charge in [-0.2, -0.15) is 11.8 Å². The minimum absolute atomic E-state index is 0.0643. The Labute approximate surface area is 104 Å². The third-order valence-corrected chi connectivity index (χ3v) is 4.54. The quantitative estimate of drug-likeness (QED) is 0.646. The second-order valence-electron chi connectivity index (χ2n) is 4.18. The Bertz CT molecular complexity index is 361. The van der Waals surface area contributed by atoms with Crippen molar-refractivity contribution >= 4 is 11.8 Å². The monoisotopic (exact) mass is 258 g/mol. The average Bonchev–Trinajstić information content (AvgIpc) is 2.35. The number of benzene rings is 1. The van der Waals surface area contributed by atoms with E-state index in [-0.39, 0.29) is 10.8 Å². The molecule has 2 rings (SSSR count). The molecule has 0 aliphatic carbocycles. The molecule has 1 aromatic rings. The number of hydrogen-bond donors (Lipinski definition) is 2. The summed E-state index contributed by atoms with van der Waals surface area (Å²) in [6.45, 7) is 0. The number of nitrogens with one attached hydrogen (secondary N) is 1. The van der Waals surface area contributed by atoms with Gasteiger partial charge in [0.1, 0.15) is 11.6 Å². The van der Waals surface area contributed by atoms with Crippen LogP contribution in [0, 0.1) is 11.6 Å². The molecule has 0 radical (unpaired) electrons. The van der Waals surface area contributed by atoms with Crippen LogP contribution in [0.25, 0.3) is 0 Å². The van der Waals surface area contributed by atoms with Gasteiger partial charge in [0, 0.05) is 10.8 Å². The summed E-state index contributed by atoms with van der Waals surface area (Å²) in [5.41, 5.74) is 2.63. The van der Waals surface area contributed by atoms with Crippen LogP contribution in [-0.2, 0) is 0 Å². The van der Waals surface area contributed by atoms with E-state index in [0.29, 0.717) is 0 Å². The second kappa shape index (κ2) is 5.80. The van der Waals surface area contributed by atoms with Crippen LogP contribution in [-0.4, -0.2) is 11.0 Å². The van der Waals surface area contributed by atoms with Crippen molar-refractivity contribution in [1.29, 1.82) is 0 Å². The van der Waals surface area contributed by atoms with Crippen molar-refractivity contribution in [2.24, 2.45) is 5.84 Å². The standard InChI is InChI=1S/C12H16F2N2S/c13-8-4-3-5-9(14)11(8)12(16-15)10-6-1-2-7-17-10/h3-5,10,12,16H,1-2,6-7,15H2. The van der Waals surface area contributed by atoms with Gasteiger partial charge in [-0.05, 0) is 30.7 Å². The van der Waals surface area contributed by atoms with Gasteiger partial charge in [-0.3, -0.25) is 11.3 Å². The Morgan fingerprint density at radius 1 is 1.29 bits per heavy atom. The van der Waals surface area contributed by atoms with E-state index in [9.17, 15) is 8.78 Å². The highest BCUT2D eigenvalue weighted by atomic mass is 32.2. The lowest BCUT2D eigenvalue weighted by Gasteiger charge is -2.29. The van der Waals surface area contributed by atoms with Gasteiger partial charge in [0.25, 0.3) is 0 Å². The Morgan fingerprint density at radius 2 is 2.00 bits per heavy atom. The molecule has 1 aromatic carbocycles. The lowest BCUT2D eigenvalue weighted by Crippen LogP contribution is -2.37. The van der Waals surface area contributed by atoms with E-state index in [4.69, 9.17) is 5.84 Å². The molecular weight excluding hydrogens is 242 g/mol. The fraction of sp³-hybridized carbons (Fsp3) is 0.500. The number of halogens is 2. The van der Waals surface area contributed by atoms with Crippen molar-refractivity contribution in [2.45, 2.75) is 30.6 Å². The summed E-state index contributed by atoms with van der Waals surface area (Å²) in [7, 11) is 0. The van der Waals surface area contributed by atoms with Crippen molar-refractivity contribution in [2.75, 3.05) is 5.75 Å². The van der Waals surface area contributed by atoms with E-state index < -0.39 is 17.7 Å². The first-order valence-electron chi connectivity index (χ1n) is 5.75. The molecule has 1 aliphatic heterocycles. The fourth-order valence-corrected chi connectivity index (χ4v) is 3.63. The molecule has 0 saturated carbocycles. The Hall–Kier alpha value is -0.650. The molecule has 0 amide bonds. The zero-order valence-electron chi connectivity index (χ0n) is 9.46. The molecule has 0 bridgehead atoms. The number of thioether (sulfide) groups is 1. The van der Waals surface area contributed by atoms with Gasteiger partial charge in [-0.1, -0.05) is 12.5 Å². The lowest BCUT2D eigenvalue weighted by molar-refractivity contribution is 0.443. The van der Waals surface area contributed by atoms with Gasteiger partial charge in [0.15, 0.2) is 0 Å². The first-order valence-corrected chi connectivity index (χ1v) is 6.80. The van der Waals surface area contributed by atoms with Crippen LogP contribution >= 0.6 is 11.8 Å². The van der Waals surface area contributed by atoms with E-state index in [1.54, 1.807) is 11.8 Å². The summed E-state index contributed by atoms with van der Waals surface area (Å²) in [5.74, 6) is 5.45. The zero-order chi connectivity index (χ0) is 12.3. The molecule has 2 atom stereocenters. The molecule has 1 aliphatic rings. The van der Waals surface area contributed by atoms with Crippen molar-refractivity contribution < 1.29 is 8.78 Å². The predicted octanol–water partition coefficient (Wildman–Crippen LogP) is 2.75. The molecule has 94 valence electrons. The van der Waals surface area contributed by atoms with Crippen LogP contribution in [0.3, 0.4) is 0 Å². The van der Waals surface area contributed by atoms with Gasteiger partial charge in [0.05, 0.1) is 6.04 Å². The second-order valence-corrected chi connectivity index (χ2v) is 5.53. The first kappa shape index (κ1) is 12.8. The van der Waals surface area contributed by atoms with Crippen LogP contribution in [0.1, 0.15) is 30.9 Å². The first-order chi connectivity index (χ1) is 8.24. The van der Waals surface area contributed by atoms with Crippen LogP contribution in [0.5, 0.6) is 0 Å². The average molecular weight is 258 g/mol. The highest BCUT2D eigenvalue weighted by Gasteiger charge is 2.29. The Kier molecular flexibility index (Phi) is 4.36. The third-order valence-electron chi connectivity index (χ3n) is 3.08. The summed E-state index contributed by atoms with van der Waals surface area (Å²) in [6, 6.07) is 3.46. The van der Waals surface area contributed by atoms with Gasteiger partial charge in [-0.25, -0.2) is 8.78 Å². The summed E-state index contributed by atoms with van der Waals surface area (Å²) >= 11 is 1.73. The molecule has 0 aromatic heterocycles. The minimum Gasteiger partial charge on any atom is -0.271 e. The van der Waals surface area contributed by atoms with E-state index in [1.807, 2.05) is 0 Å². The van der Waals surface area contributed by atoms with Crippen LogP contribution in [0.15, 0.2) is 18.2 Å². The normalized spacial score (nSPS) is 22.4. The molecule has 5 heteroatoms. The highest BCUT2D eigenvalue weighted by Crippen LogP contribution is 2.36. The van der Waals surface area contributed by atoms with E-state index in [2.05, 4.69) is 5.43 Å². The largest absolute Gasteiger partial charge is 0.271 e. The summed E-state index contributed by atoms with van der Waals surface area (Å²) < 4.78 is 27.4. The molecular formula is C12H16F2N2S. The number of nitrogens with two attached hydrogens (primary N) is 1. The fourth-order valence-electron chi connectivity index (χ4n) is 2.21. The van der Waals surface area contributed by atoms with E-state index in [1.165, 1.54) is 18.2 Å². The van der Waals surface area contributed by atoms with Crippen molar-refractivity contribution in [3.05, 3.63) is 35.4 Å². The van der Waals surface area contributed by atoms with Gasteiger partial charge >= 0.3 is 0 Å². The maximum absolute atomic E-state index is 13.7. The zero-order valence-corrected chi connectivity index (χ0v) is 10.3. The lowest BCUT2D eigenvalue weighted by atomic mass is 9.99. The van der Waals surface area contributed by atoms with E-state index >= 15 is 0 Å². The number of hydrazine groups is 1. The molecule has 2 unspecified atom stereocenters. The van der Waals surface area contributed by atoms with Gasteiger partial charge in [-0.15, -0.1) is 0 Å². The number of hydrogen-bond acceptors (Lipinski definition) is 3. The van der Waals surface area contributed by atoms with Crippen molar-refractivity contribution in [3.63, 3.8) is 0 Å².